The molecule has 1 unspecified atom stereocenters. The second-order valence-electron chi connectivity index (χ2n) is 4.50. The van der Waals surface area contributed by atoms with Gasteiger partial charge < -0.3 is 16.2 Å². The van der Waals surface area contributed by atoms with Crippen LogP contribution in [-0.2, 0) is 11.3 Å². The van der Waals surface area contributed by atoms with Crippen LogP contribution in [0.25, 0.3) is 0 Å². The molecule has 0 bridgehead atoms. The van der Waals surface area contributed by atoms with Crippen LogP contribution in [0.1, 0.15) is 30.8 Å². The molecule has 0 spiro atoms. The predicted octanol–water partition coefficient (Wildman–Crippen LogP) is 0.301. The number of anilines is 1. The zero-order valence-corrected chi connectivity index (χ0v) is 10.8. The highest BCUT2D eigenvalue weighted by atomic mass is 16.5. The van der Waals surface area contributed by atoms with Crippen molar-refractivity contribution >= 4 is 5.82 Å². The average molecular weight is 251 g/mol. The summed E-state index contributed by atoms with van der Waals surface area (Å²) < 4.78 is 5.72. The van der Waals surface area contributed by atoms with Crippen LogP contribution in [0.15, 0.2) is 6.20 Å². The molecule has 2 heterocycles. The average Bonchev–Trinajstić information content (AvgIpc) is 2.39. The lowest BCUT2D eigenvalue weighted by Crippen LogP contribution is -2.39. The monoisotopic (exact) mass is 251 g/mol. The summed E-state index contributed by atoms with van der Waals surface area (Å²) in [5, 5.41) is 0. The second-order valence-corrected chi connectivity index (χ2v) is 4.50. The van der Waals surface area contributed by atoms with Crippen molar-refractivity contribution < 1.29 is 4.74 Å². The lowest BCUT2D eigenvalue weighted by atomic mass is 10.2. The van der Waals surface area contributed by atoms with E-state index in [0.717, 1.165) is 31.6 Å². The van der Waals surface area contributed by atoms with Crippen molar-refractivity contribution in [2.24, 2.45) is 5.73 Å². The molecule has 0 aliphatic carbocycles. The molecule has 1 aromatic heterocycles. The Bertz CT molecular complexity index is 396. The van der Waals surface area contributed by atoms with Crippen molar-refractivity contribution in [3.63, 3.8) is 0 Å². The number of nitrogen functional groups attached to an aromatic ring is 1. The molecule has 0 saturated carbocycles. The highest BCUT2D eigenvalue weighted by Crippen LogP contribution is 2.20. The first kappa shape index (κ1) is 13.2. The minimum Gasteiger partial charge on any atom is -0.383 e. The van der Waals surface area contributed by atoms with Gasteiger partial charge in [-0.05, 0) is 13.0 Å². The van der Waals surface area contributed by atoms with Crippen LogP contribution in [0, 0.1) is 0 Å². The van der Waals surface area contributed by atoms with Gasteiger partial charge >= 0.3 is 0 Å². The number of hydrogen-bond acceptors (Lipinski definition) is 6. The summed E-state index contributed by atoms with van der Waals surface area (Å²) >= 11 is 0. The zero-order valence-electron chi connectivity index (χ0n) is 10.8. The molecule has 0 aromatic carbocycles. The number of hydrogen-bond donors (Lipinski definition) is 2. The Morgan fingerprint density at radius 1 is 1.56 bits per heavy atom. The van der Waals surface area contributed by atoms with E-state index in [4.69, 9.17) is 16.2 Å². The van der Waals surface area contributed by atoms with Gasteiger partial charge in [0.1, 0.15) is 11.9 Å². The van der Waals surface area contributed by atoms with E-state index in [1.54, 1.807) is 6.20 Å². The highest BCUT2D eigenvalue weighted by Gasteiger charge is 2.24. The molecule has 0 amide bonds. The van der Waals surface area contributed by atoms with Gasteiger partial charge in [0.05, 0.1) is 6.61 Å². The molecule has 100 valence electrons. The van der Waals surface area contributed by atoms with Crippen molar-refractivity contribution in [1.29, 1.82) is 0 Å². The Labute approximate surface area is 107 Å². The molecule has 1 aliphatic heterocycles. The first-order valence-electron chi connectivity index (χ1n) is 6.40. The zero-order chi connectivity index (χ0) is 13.0. The number of morpholine rings is 1. The topological polar surface area (TPSA) is 90.3 Å². The third-order valence-electron chi connectivity index (χ3n) is 3.11. The molecular weight excluding hydrogens is 230 g/mol. The SMILES string of the molecule is CCCN1CCOC(c2ncc(CN)c(N)n2)C1. The third-order valence-corrected chi connectivity index (χ3v) is 3.11. The van der Waals surface area contributed by atoms with E-state index in [0.29, 0.717) is 24.8 Å². The third kappa shape index (κ3) is 2.95. The van der Waals surface area contributed by atoms with E-state index in [9.17, 15) is 0 Å². The van der Waals surface area contributed by atoms with Crippen LogP contribution in [0.4, 0.5) is 5.82 Å². The molecular formula is C12H21N5O. The summed E-state index contributed by atoms with van der Waals surface area (Å²) in [6.07, 6.45) is 2.75. The van der Waals surface area contributed by atoms with E-state index in [1.807, 2.05) is 0 Å². The molecule has 1 aromatic rings. The van der Waals surface area contributed by atoms with Crippen molar-refractivity contribution in [2.45, 2.75) is 26.0 Å². The van der Waals surface area contributed by atoms with Gasteiger partial charge in [0, 0.05) is 31.4 Å². The van der Waals surface area contributed by atoms with Crippen molar-refractivity contribution in [3.05, 3.63) is 17.6 Å². The van der Waals surface area contributed by atoms with E-state index >= 15 is 0 Å². The van der Waals surface area contributed by atoms with E-state index < -0.39 is 0 Å². The lowest BCUT2D eigenvalue weighted by molar-refractivity contribution is -0.0341. The van der Waals surface area contributed by atoms with Gasteiger partial charge in [-0.25, -0.2) is 9.97 Å². The second kappa shape index (κ2) is 6.08. The molecule has 6 nitrogen and oxygen atoms in total. The van der Waals surface area contributed by atoms with Gasteiger partial charge in [0.2, 0.25) is 0 Å². The lowest BCUT2D eigenvalue weighted by Gasteiger charge is -2.31. The summed E-state index contributed by atoms with van der Waals surface area (Å²) in [4.78, 5) is 11.0. The van der Waals surface area contributed by atoms with Gasteiger partial charge in [-0.2, -0.15) is 0 Å². The molecule has 4 N–H and O–H groups in total. The number of rotatable bonds is 4. The molecule has 18 heavy (non-hydrogen) atoms. The maximum atomic E-state index is 5.83. The Morgan fingerprint density at radius 2 is 2.39 bits per heavy atom. The molecule has 1 fully saturated rings. The van der Waals surface area contributed by atoms with Crippen LogP contribution in [0.2, 0.25) is 0 Å². The maximum absolute atomic E-state index is 5.83. The minimum atomic E-state index is -0.0839. The van der Waals surface area contributed by atoms with E-state index in [-0.39, 0.29) is 6.10 Å². The standard InChI is InChI=1S/C12H21N5O/c1-2-3-17-4-5-18-10(8-17)12-15-7-9(6-13)11(14)16-12/h7,10H,2-6,8,13H2,1H3,(H2,14,15,16). The summed E-state index contributed by atoms with van der Waals surface area (Å²) in [6, 6.07) is 0. The fourth-order valence-corrected chi connectivity index (χ4v) is 2.12. The molecule has 2 rings (SSSR count). The number of nitrogens with two attached hydrogens (primary N) is 2. The normalized spacial score (nSPS) is 21.1. The van der Waals surface area contributed by atoms with Crippen LogP contribution in [-0.4, -0.2) is 41.1 Å². The van der Waals surface area contributed by atoms with Gasteiger partial charge in [-0.15, -0.1) is 0 Å². The van der Waals surface area contributed by atoms with Crippen LogP contribution in [0.3, 0.4) is 0 Å². The van der Waals surface area contributed by atoms with Gasteiger partial charge in [-0.3, -0.25) is 4.90 Å². The van der Waals surface area contributed by atoms with Gasteiger partial charge in [0.25, 0.3) is 0 Å². The Balaban J connectivity index is 2.08. The van der Waals surface area contributed by atoms with Crippen molar-refractivity contribution in [2.75, 3.05) is 32.0 Å². The molecule has 1 aliphatic rings. The van der Waals surface area contributed by atoms with Gasteiger partial charge in [-0.1, -0.05) is 6.92 Å². The first-order valence-corrected chi connectivity index (χ1v) is 6.40. The first-order chi connectivity index (χ1) is 8.74. The van der Waals surface area contributed by atoms with Crippen molar-refractivity contribution in [1.82, 2.24) is 14.9 Å². The maximum Gasteiger partial charge on any atom is 0.160 e. The van der Waals surface area contributed by atoms with Crippen LogP contribution >= 0.6 is 0 Å². The van der Waals surface area contributed by atoms with Crippen molar-refractivity contribution in [3.8, 4) is 0 Å². The van der Waals surface area contributed by atoms with Crippen LogP contribution in [0.5, 0.6) is 0 Å². The summed E-state index contributed by atoms with van der Waals surface area (Å²) in [6.45, 7) is 6.13. The number of nitrogens with zero attached hydrogens (tertiary/aromatic N) is 3. The number of ether oxygens (including phenoxy) is 1. The number of aromatic nitrogens is 2. The van der Waals surface area contributed by atoms with E-state index in [1.165, 1.54) is 0 Å². The summed E-state index contributed by atoms with van der Waals surface area (Å²) in [5.41, 5.74) is 12.2. The summed E-state index contributed by atoms with van der Waals surface area (Å²) in [7, 11) is 0. The Kier molecular flexibility index (Phi) is 4.46. The largest absolute Gasteiger partial charge is 0.383 e. The molecule has 6 heteroatoms. The van der Waals surface area contributed by atoms with E-state index in [2.05, 4.69) is 21.8 Å². The smallest absolute Gasteiger partial charge is 0.160 e. The fraction of sp³-hybridized carbons (Fsp3) is 0.667. The fourth-order valence-electron chi connectivity index (χ4n) is 2.12. The highest BCUT2D eigenvalue weighted by molar-refractivity contribution is 5.37. The molecule has 1 atom stereocenters. The molecule has 0 radical (unpaired) electrons. The van der Waals surface area contributed by atoms with Crippen LogP contribution < -0.4 is 11.5 Å². The van der Waals surface area contributed by atoms with Gasteiger partial charge in [0.15, 0.2) is 5.82 Å². The quantitative estimate of drug-likeness (QED) is 0.800. The predicted molar refractivity (Wildman–Crippen MR) is 69.8 cm³/mol. The minimum absolute atomic E-state index is 0.0839. The Hall–Kier alpha value is -1.24. The molecule has 1 saturated heterocycles. The Morgan fingerprint density at radius 3 is 3.06 bits per heavy atom. The summed E-state index contributed by atoms with van der Waals surface area (Å²) in [5.74, 6) is 1.12.